The van der Waals surface area contributed by atoms with Crippen LogP contribution in [0, 0.1) is 5.41 Å². The lowest BCUT2D eigenvalue weighted by Crippen LogP contribution is -2.32. The highest BCUT2D eigenvalue weighted by molar-refractivity contribution is 6.30. The largest absolute Gasteiger partial charge is 0.378 e. The van der Waals surface area contributed by atoms with Gasteiger partial charge < -0.3 is 9.64 Å². The van der Waals surface area contributed by atoms with Gasteiger partial charge in [0.1, 0.15) is 0 Å². The number of nitrogens with zero attached hydrogens (tertiary/aromatic N) is 1. The molecule has 1 aliphatic heterocycles. The molecular weight excluding hydrogens is 186 g/mol. The molecule has 1 saturated heterocycles. The van der Waals surface area contributed by atoms with Gasteiger partial charge >= 0.3 is 0 Å². The Morgan fingerprint density at radius 3 is 2.31 bits per heavy atom. The summed E-state index contributed by atoms with van der Waals surface area (Å²) in [5.41, 5.74) is 0.0554. The molecule has 0 N–H and O–H groups in total. The van der Waals surface area contributed by atoms with E-state index in [1.54, 1.807) is 0 Å². The number of ether oxygens (including phenoxy) is 1. The van der Waals surface area contributed by atoms with Crippen LogP contribution in [0.15, 0.2) is 11.2 Å². The monoisotopic (exact) mass is 203 g/mol. The summed E-state index contributed by atoms with van der Waals surface area (Å²) in [5, 5.41) is 0.911. The van der Waals surface area contributed by atoms with Gasteiger partial charge in [-0.25, -0.2) is 0 Å². The van der Waals surface area contributed by atoms with Crippen LogP contribution in [-0.4, -0.2) is 31.2 Å². The molecule has 0 atom stereocenters. The summed E-state index contributed by atoms with van der Waals surface area (Å²) in [6, 6.07) is 0. The molecule has 76 valence electrons. The van der Waals surface area contributed by atoms with Crippen LogP contribution in [0.3, 0.4) is 0 Å². The van der Waals surface area contributed by atoms with Gasteiger partial charge in [0.2, 0.25) is 0 Å². The summed E-state index contributed by atoms with van der Waals surface area (Å²) in [5.74, 6) is 0. The Balaban J connectivity index is 2.53. The number of rotatable bonds is 1. The fourth-order valence-corrected chi connectivity index (χ4v) is 1.20. The molecule has 1 fully saturated rings. The average molecular weight is 204 g/mol. The molecule has 2 nitrogen and oxygen atoms in total. The minimum Gasteiger partial charge on any atom is -0.378 e. The Morgan fingerprint density at radius 1 is 1.31 bits per heavy atom. The minimum atomic E-state index is 0.0554. The predicted octanol–water partition coefficient (Wildman–Crippen LogP) is 2.44. The molecule has 0 unspecified atom stereocenters. The molecule has 0 aromatic rings. The zero-order valence-electron chi connectivity index (χ0n) is 8.64. The maximum atomic E-state index is 6.17. The predicted molar refractivity (Wildman–Crippen MR) is 55.8 cm³/mol. The van der Waals surface area contributed by atoms with Crippen molar-refractivity contribution in [2.75, 3.05) is 26.3 Å². The highest BCUT2D eigenvalue weighted by atomic mass is 35.5. The molecule has 0 aromatic carbocycles. The van der Waals surface area contributed by atoms with Crippen LogP contribution in [0.2, 0.25) is 0 Å². The number of hydrogen-bond donors (Lipinski definition) is 0. The smallest absolute Gasteiger partial charge is 0.0642 e. The Morgan fingerprint density at radius 2 is 1.85 bits per heavy atom. The normalized spacial score (nSPS) is 20.6. The molecule has 0 radical (unpaired) electrons. The van der Waals surface area contributed by atoms with Gasteiger partial charge in [-0.3, -0.25) is 0 Å². The number of morpholine rings is 1. The maximum Gasteiger partial charge on any atom is 0.0642 e. The average Bonchev–Trinajstić information content (AvgIpc) is 2.04. The van der Waals surface area contributed by atoms with E-state index in [-0.39, 0.29) is 5.41 Å². The molecule has 1 rings (SSSR count). The molecular formula is C10H18ClNO. The molecule has 0 bridgehead atoms. The minimum absolute atomic E-state index is 0.0554. The van der Waals surface area contributed by atoms with E-state index in [1.165, 1.54) is 0 Å². The van der Waals surface area contributed by atoms with Gasteiger partial charge in [0.25, 0.3) is 0 Å². The Bertz CT molecular complexity index is 190. The third-order valence-corrected chi connectivity index (χ3v) is 2.72. The van der Waals surface area contributed by atoms with Crippen LogP contribution in [0.4, 0.5) is 0 Å². The lowest BCUT2D eigenvalue weighted by molar-refractivity contribution is 0.0588. The molecule has 1 aliphatic rings. The molecule has 0 amide bonds. The second-order valence-electron chi connectivity index (χ2n) is 4.38. The highest BCUT2D eigenvalue weighted by Crippen LogP contribution is 2.28. The Hall–Kier alpha value is -0.210. The van der Waals surface area contributed by atoms with Crippen LogP contribution >= 0.6 is 11.6 Å². The summed E-state index contributed by atoms with van der Waals surface area (Å²) < 4.78 is 5.25. The first-order chi connectivity index (χ1) is 6.00. The quantitative estimate of drug-likeness (QED) is 0.649. The van der Waals surface area contributed by atoms with Crippen molar-refractivity contribution in [1.82, 2.24) is 4.90 Å². The van der Waals surface area contributed by atoms with Gasteiger partial charge in [0.05, 0.1) is 13.2 Å². The van der Waals surface area contributed by atoms with Crippen molar-refractivity contribution in [3.05, 3.63) is 11.2 Å². The van der Waals surface area contributed by atoms with E-state index < -0.39 is 0 Å². The van der Waals surface area contributed by atoms with Crippen molar-refractivity contribution in [1.29, 1.82) is 0 Å². The van der Waals surface area contributed by atoms with Gasteiger partial charge in [0.15, 0.2) is 0 Å². The highest BCUT2D eigenvalue weighted by Gasteiger charge is 2.16. The first-order valence-electron chi connectivity index (χ1n) is 4.70. The van der Waals surface area contributed by atoms with E-state index >= 15 is 0 Å². The van der Waals surface area contributed by atoms with E-state index in [1.807, 2.05) is 6.20 Å². The van der Waals surface area contributed by atoms with Gasteiger partial charge in [-0.1, -0.05) is 32.4 Å². The summed E-state index contributed by atoms with van der Waals surface area (Å²) in [7, 11) is 0. The van der Waals surface area contributed by atoms with Crippen molar-refractivity contribution in [2.45, 2.75) is 20.8 Å². The molecule has 0 saturated carbocycles. The van der Waals surface area contributed by atoms with Crippen molar-refractivity contribution in [2.24, 2.45) is 5.41 Å². The third-order valence-electron chi connectivity index (χ3n) is 2.06. The lowest BCUT2D eigenvalue weighted by atomic mass is 9.96. The lowest BCUT2D eigenvalue weighted by Gasteiger charge is -2.28. The van der Waals surface area contributed by atoms with Crippen molar-refractivity contribution in [3.8, 4) is 0 Å². The van der Waals surface area contributed by atoms with E-state index in [4.69, 9.17) is 16.3 Å². The van der Waals surface area contributed by atoms with Crippen LogP contribution in [0.25, 0.3) is 0 Å². The van der Waals surface area contributed by atoms with Crippen LogP contribution in [0.5, 0.6) is 0 Å². The Kier molecular flexibility index (Phi) is 3.63. The fraction of sp³-hybridized carbons (Fsp3) is 0.800. The van der Waals surface area contributed by atoms with Crippen molar-refractivity contribution >= 4 is 11.6 Å². The van der Waals surface area contributed by atoms with Crippen molar-refractivity contribution < 1.29 is 4.74 Å². The molecule has 13 heavy (non-hydrogen) atoms. The second-order valence-corrected chi connectivity index (χ2v) is 4.78. The van der Waals surface area contributed by atoms with Gasteiger partial charge in [-0.15, -0.1) is 0 Å². The zero-order valence-corrected chi connectivity index (χ0v) is 9.40. The molecule has 0 aromatic heterocycles. The maximum absolute atomic E-state index is 6.17. The van der Waals surface area contributed by atoms with Gasteiger partial charge in [-0.2, -0.15) is 0 Å². The number of halogens is 1. The topological polar surface area (TPSA) is 12.5 Å². The number of allylic oxidation sites excluding steroid dienone is 1. The second kappa shape index (κ2) is 4.34. The van der Waals surface area contributed by atoms with E-state index in [2.05, 4.69) is 25.7 Å². The van der Waals surface area contributed by atoms with E-state index in [0.29, 0.717) is 0 Å². The van der Waals surface area contributed by atoms with Crippen LogP contribution < -0.4 is 0 Å². The zero-order chi connectivity index (χ0) is 9.90. The summed E-state index contributed by atoms with van der Waals surface area (Å²) in [4.78, 5) is 2.22. The molecule has 1 heterocycles. The first kappa shape index (κ1) is 10.9. The van der Waals surface area contributed by atoms with E-state index in [9.17, 15) is 0 Å². The Labute approximate surface area is 85.5 Å². The summed E-state index contributed by atoms with van der Waals surface area (Å²) >= 11 is 6.17. The third kappa shape index (κ3) is 3.57. The number of hydrogen-bond acceptors (Lipinski definition) is 2. The first-order valence-corrected chi connectivity index (χ1v) is 5.07. The molecule has 0 aliphatic carbocycles. The van der Waals surface area contributed by atoms with Crippen LogP contribution in [-0.2, 0) is 4.74 Å². The summed E-state index contributed by atoms with van der Waals surface area (Å²) in [6.07, 6.45) is 2.05. The fourth-order valence-electron chi connectivity index (χ4n) is 1.06. The van der Waals surface area contributed by atoms with E-state index in [0.717, 1.165) is 31.3 Å². The molecule has 3 heteroatoms. The molecule has 0 spiro atoms. The van der Waals surface area contributed by atoms with Gasteiger partial charge in [0, 0.05) is 24.3 Å². The van der Waals surface area contributed by atoms with Crippen molar-refractivity contribution in [3.63, 3.8) is 0 Å². The van der Waals surface area contributed by atoms with Gasteiger partial charge in [-0.05, 0) is 5.41 Å². The standard InChI is InChI=1S/C10H18ClNO/c1-10(2,3)9(11)8-12-4-6-13-7-5-12/h8H,4-7H2,1-3H3/b9-8-. The SMILES string of the molecule is CC(C)(C)/C(Cl)=C/N1CCOCC1. The van der Waals surface area contributed by atoms with Crippen LogP contribution in [0.1, 0.15) is 20.8 Å². The summed E-state index contributed by atoms with van der Waals surface area (Å²) in [6.45, 7) is 9.87.